The van der Waals surface area contributed by atoms with Crippen LogP contribution >= 0.6 is 23.2 Å². The van der Waals surface area contributed by atoms with Gasteiger partial charge in [0.25, 0.3) is 0 Å². The zero-order valence-electron chi connectivity index (χ0n) is 11.5. The van der Waals surface area contributed by atoms with Crippen molar-refractivity contribution in [2.75, 3.05) is 0 Å². The molecule has 0 saturated carbocycles. The third-order valence-electron chi connectivity index (χ3n) is 3.16. The van der Waals surface area contributed by atoms with Crippen molar-refractivity contribution < 1.29 is 4.74 Å². The maximum Gasteiger partial charge on any atom is 0.155 e. The van der Waals surface area contributed by atoms with Gasteiger partial charge in [-0.2, -0.15) is 0 Å². The van der Waals surface area contributed by atoms with Gasteiger partial charge in [-0.25, -0.2) is 0 Å². The average Bonchev–Trinajstić information content (AvgIpc) is 2.42. The maximum atomic E-state index is 6.43. The van der Waals surface area contributed by atoms with E-state index in [0.717, 1.165) is 11.1 Å². The van der Waals surface area contributed by atoms with Crippen LogP contribution in [0.1, 0.15) is 20.3 Å². The topological polar surface area (TPSA) is 35.2 Å². The van der Waals surface area contributed by atoms with Gasteiger partial charge in [0.1, 0.15) is 5.75 Å². The Morgan fingerprint density at radius 3 is 2.35 bits per heavy atom. The molecule has 0 spiro atoms. The first kappa shape index (κ1) is 15.2. The summed E-state index contributed by atoms with van der Waals surface area (Å²) in [6, 6.07) is 13.2. The standard InChI is InChI=1S/C16H17Cl2NO/c1-3-16(2,19)20-14-6-4-5-13(15(14)18)11-7-9-12(17)10-8-11/h4-10H,3,19H2,1-2H3. The summed E-state index contributed by atoms with van der Waals surface area (Å²) in [6.45, 7) is 3.80. The highest BCUT2D eigenvalue weighted by molar-refractivity contribution is 6.35. The molecule has 2 aromatic rings. The third kappa shape index (κ3) is 3.45. The van der Waals surface area contributed by atoms with Crippen molar-refractivity contribution in [3.05, 3.63) is 52.5 Å². The molecule has 0 heterocycles. The predicted octanol–water partition coefficient (Wildman–Crippen LogP) is 5.12. The fourth-order valence-corrected chi connectivity index (χ4v) is 2.17. The fourth-order valence-electron chi connectivity index (χ4n) is 1.77. The average molecular weight is 310 g/mol. The van der Waals surface area contributed by atoms with Gasteiger partial charge in [-0.3, -0.25) is 5.73 Å². The van der Waals surface area contributed by atoms with Gasteiger partial charge in [0, 0.05) is 10.6 Å². The van der Waals surface area contributed by atoms with E-state index in [-0.39, 0.29) is 0 Å². The number of halogens is 2. The number of nitrogens with two attached hydrogens (primary N) is 1. The van der Waals surface area contributed by atoms with Gasteiger partial charge in [0.2, 0.25) is 0 Å². The van der Waals surface area contributed by atoms with Gasteiger partial charge in [0.15, 0.2) is 5.72 Å². The largest absolute Gasteiger partial charge is 0.472 e. The van der Waals surface area contributed by atoms with Crippen molar-refractivity contribution in [3.63, 3.8) is 0 Å². The summed E-state index contributed by atoms with van der Waals surface area (Å²) < 4.78 is 5.79. The first-order valence-electron chi connectivity index (χ1n) is 6.45. The lowest BCUT2D eigenvalue weighted by atomic mass is 10.1. The van der Waals surface area contributed by atoms with Gasteiger partial charge in [-0.1, -0.05) is 54.4 Å². The molecule has 2 aromatic carbocycles. The monoisotopic (exact) mass is 309 g/mol. The summed E-state index contributed by atoms with van der Waals surface area (Å²) >= 11 is 12.3. The lowest BCUT2D eigenvalue weighted by Gasteiger charge is -2.25. The van der Waals surface area contributed by atoms with Crippen LogP contribution in [0.3, 0.4) is 0 Å². The molecule has 0 amide bonds. The second-order valence-electron chi connectivity index (χ2n) is 4.89. The molecule has 1 unspecified atom stereocenters. The SMILES string of the molecule is CCC(C)(N)Oc1cccc(-c2ccc(Cl)cc2)c1Cl. The van der Waals surface area contributed by atoms with Crippen molar-refractivity contribution in [1.29, 1.82) is 0 Å². The number of hydrogen-bond acceptors (Lipinski definition) is 2. The minimum atomic E-state index is -0.734. The fraction of sp³-hybridized carbons (Fsp3) is 0.250. The normalized spacial score (nSPS) is 13.8. The van der Waals surface area contributed by atoms with E-state index >= 15 is 0 Å². The summed E-state index contributed by atoms with van der Waals surface area (Å²) in [6.07, 6.45) is 0.689. The molecule has 0 aromatic heterocycles. The van der Waals surface area contributed by atoms with E-state index in [4.69, 9.17) is 33.7 Å². The van der Waals surface area contributed by atoms with Gasteiger partial charge >= 0.3 is 0 Å². The van der Waals surface area contributed by atoms with E-state index in [1.165, 1.54) is 0 Å². The first-order valence-corrected chi connectivity index (χ1v) is 7.21. The minimum Gasteiger partial charge on any atom is -0.472 e. The molecule has 0 aliphatic rings. The molecule has 20 heavy (non-hydrogen) atoms. The second-order valence-corrected chi connectivity index (χ2v) is 5.71. The number of rotatable bonds is 4. The molecule has 2 N–H and O–H groups in total. The molecule has 0 aliphatic heterocycles. The summed E-state index contributed by atoms with van der Waals surface area (Å²) in [5, 5.41) is 1.25. The molecule has 106 valence electrons. The maximum absolute atomic E-state index is 6.43. The van der Waals surface area contributed by atoms with E-state index in [1.807, 2.05) is 56.3 Å². The molecule has 0 saturated heterocycles. The Bertz CT molecular complexity index is 594. The van der Waals surface area contributed by atoms with Gasteiger partial charge < -0.3 is 4.74 Å². The van der Waals surface area contributed by atoms with Gasteiger partial charge in [-0.15, -0.1) is 0 Å². The Balaban J connectivity index is 2.39. The Labute approximate surface area is 129 Å². The lowest BCUT2D eigenvalue weighted by Crippen LogP contribution is -2.41. The zero-order valence-corrected chi connectivity index (χ0v) is 13.0. The highest BCUT2D eigenvalue weighted by atomic mass is 35.5. The Kier molecular flexibility index (Phi) is 4.59. The van der Waals surface area contributed by atoms with Crippen LogP contribution in [-0.2, 0) is 0 Å². The highest BCUT2D eigenvalue weighted by Crippen LogP contribution is 2.36. The molecule has 1 atom stereocenters. The Hall–Kier alpha value is -1.22. The second kappa shape index (κ2) is 6.04. The highest BCUT2D eigenvalue weighted by Gasteiger charge is 2.20. The molecule has 4 heteroatoms. The van der Waals surface area contributed by atoms with E-state index in [0.29, 0.717) is 22.2 Å². The van der Waals surface area contributed by atoms with E-state index in [1.54, 1.807) is 0 Å². The predicted molar refractivity (Wildman–Crippen MR) is 85.4 cm³/mol. The summed E-state index contributed by atoms with van der Waals surface area (Å²) in [7, 11) is 0. The summed E-state index contributed by atoms with van der Waals surface area (Å²) in [5.41, 5.74) is 7.18. The van der Waals surface area contributed by atoms with E-state index in [2.05, 4.69) is 0 Å². The van der Waals surface area contributed by atoms with Crippen molar-refractivity contribution in [2.45, 2.75) is 26.0 Å². The van der Waals surface area contributed by atoms with E-state index < -0.39 is 5.72 Å². The Morgan fingerprint density at radius 2 is 1.75 bits per heavy atom. The number of hydrogen-bond donors (Lipinski definition) is 1. The zero-order chi connectivity index (χ0) is 14.8. The van der Waals surface area contributed by atoms with Crippen LogP contribution in [0, 0.1) is 0 Å². The van der Waals surface area contributed by atoms with Crippen molar-refractivity contribution >= 4 is 23.2 Å². The van der Waals surface area contributed by atoms with Gasteiger partial charge in [-0.05, 0) is 37.1 Å². The van der Waals surface area contributed by atoms with Crippen molar-refractivity contribution in [2.24, 2.45) is 5.73 Å². The van der Waals surface area contributed by atoms with Crippen molar-refractivity contribution in [1.82, 2.24) is 0 Å². The molecule has 0 fully saturated rings. The molecule has 2 nitrogen and oxygen atoms in total. The number of ether oxygens (including phenoxy) is 1. The van der Waals surface area contributed by atoms with Crippen LogP contribution in [0.25, 0.3) is 11.1 Å². The lowest BCUT2D eigenvalue weighted by molar-refractivity contribution is 0.0920. The summed E-state index contributed by atoms with van der Waals surface area (Å²) in [5.74, 6) is 0.589. The van der Waals surface area contributed by atoms with E-state index in [9.17, 15) is 0 Å². The van der Waals surface area contributed by atoms with Crippen LogP contribution in [0.2, 0.25) is 10.0 Å². The van der Waals surface area contributed by atoms with Crippen molar-refractivity contribution in [3.8, 4) is 16.9 Å². The molecule has 0 aliphatic carbocycles. The van der Waals surface area contributed by atoms with Crippen LogP contribution < -0.4 is 10.5 Å². The first-order chi connectivity index (χ1) is 9.43. The molecule has 2 rings (SSSR count). The third-order valence-corrected chi connectivity index (χ3v) is 3.81. The molecular weight excluding hydrogens is 293 g/mol. The van der Waals surface area contributed by atoms with Crippen LogP contribution in [0.5, 0.6) is 5.75 Å². The smallest absolute Gasteiger partial charge is 0.155 e. The van der Waals surface area contributed by atoms with Crippen LogP contribution in [-0.4, -0.2) is 5.72 Å². The van der Waals surface area contributed by atoms with Gasteiger partial charge in [0.05, 0.1) is 5.02 Å². The van der Waals surface area contributed by atoms with Crippen LogP contribution in [0.15, 0.2) is 42.5 Å². The van der Waals surface area contributed by atoms with Crippen LogP contribution in [0.4, 0.5) is 0 Å². The number of benzene rings is 2. The quantitative estimate of drug-likeness (QED) is 0.795. The minimum absolute atomic E-state index is 0.556. The molecule has 0 bridgehead atoms. The summed E-state index contributed by atoms with van der Waals surface area (Å²) in [4.78, 5) is 0. The molecule has 0 radical (unpaired) electrons. The Morgan fingerprint density at radius 1 is 1.10 bits per heavy atom. The molecular formula is C16H17Cl2NO.